The molecule has 0 saturated carbocycles. The fraction of sp³-hybridized carbons (Fsp3) is 0.0625. The van der Waals surface area contributed by atoms with Gasteiger partial charge in [-0.3, -0.25) is 0 Å². The first kappa shape index (κ1) is 16.7. The summed E-state index contributed by atoms with van der Waals surface area (Å²) in [5.74, 6) is -0.451. The summed E-state index contributed by atoms with van der Waals surface area (Å²) >= 11 is 6.41. The minimum Gasteiger partial charge on any atom is -0.494 e. The quantitative estimate of drug-likeness (QED) is 0.574. The molecule has 0 N–H and O–H groups in total. The van der Waals surface area contributed by atoms with Crippen molar-refractivity contribution >= 4 is 49.0 Å². The van der Waals surface area contributed by atoms with Gasteiger partial charge in [0.2, 0.25) is 4.62 Å². The Morgan fingerprint density at radius 2 is 1.88 bits per heavy atom. The van der Waals surface area contributed by atoms with E-state index in [0.29, 0.717) is 22.5 Å². The van der Waals surface area contributed by atoms with Crippen molar-refractivity contribution in [3.63, 3.8) is 0 Å². The van der Waals surface area contributed by atoms with Crippen LogP contribution in [0.25, 0.3) is 5.57 Å². The maximum absolute atomic E-state index is 15.1. The van der Waals surface area contributed by atoms with Gasteiger partial charge in [-0.15, -0.1) is 0 Å². The lowest BCUT2D eigenvalue weighted by Gasteiger charge is -2.32. The Morgan fingerprint density at radius 1 is 1.12 bits per heavy atom. The molecule has 2 aliphatic heterocycles. The SMILES string of the molecule is COc1cc(C2=C3C=CC(Br)=[N+]3[B-](F)(F)n3c(Br)ccc32)ccc1F. The average Bonchev–Trinajstić information content (AvgIpc) is 3.14. The summed E-state index contributed by atoms with van der Waals surface area (Å²) in [5, 5.41) is 0. The van der Waals surface area contributed by atoms with Crippen molar-refractivity contribution in [3.8, 4) is 5.75 Å². The lowest BCUT2D eigenvalue weighted by Crippen LogP contribution is -2.50. The Hall–Kier alpha value is -1.74. The van der Waals surface area contributed by atoms with Gasteiger partial charge in [-0.05, 0) is 45.8 Å². The minimum atomic E-state index is -4.07. The van der Waals surface area contributed by atoms with Crippen LogP contribution in [0.1, 0.15) is 11.3 Å². The predicted molar refractivity (Wildman–Crippen MR) is 97.8 cm³/mol. The van der Waals surface area contributed by atoms with Gasteiger partial charge in [-0.1, -0.05) is 6.07 Å². The normalized spacial score (nSPS) is 17.8. The number of rotatable bonds is 2. The number of hydrogen-bond acceptors (Lipinski definition) is 1. The van der Waals surface area contributed by atoms with Crippen LogP contribution in [0.2, 0.25) is 0 Å². The van der Waals surface area contributed by atoms with Crippen LogP contribution in [-0.2, 0) is 0 Å². The maximum atomic E-state index is 15.1. The first-order valence-electron chi connectivity index (χ1n) is 7.34. The molecule has 0 amide bonds. The lowest BCUT2D eigenvalue weighted by molar-refractivity contribution is -0.358. The smallest absolute Gasteiger partial charge is 0.494 e. The van der Waals surface area contributed by atoms with E-state index in [-0.39, 0.29) is 15.0 Å². The molecule has 0 saturated heterocycles. The average molecular weight is 474 g/mol. The van der Waals surface area contributed by atoms with Crippen LogP contribution in [0.3, 0.4) is 0 Å². The molecule has 0 radical (unpaired) electrons. The molecule has 0 bridgehead atoms. The van der Waals surface area contributed by atoms with E-state index in [0.717, 1.165) is 8.96 Å². The molecule has 128 valence electrons. The molecule has 0 unspecified atom stereocenters. The molecule has 2 aromatic rings. The van der Waals surface area contributed by atoms with E-state index in [1.165, 1.54) is 19.2 Å². The largest absolute Gasteiger partial charge is 0.738 e. The topological polar surface area (TPSA) is 17.2 Å². The van der Waals surface area contributed by atoms with Crippen LogP contribution in [0, 0.1) is 5.82 Å². The van der Waals surface area contributed by atoms with E-state index in [4.69, 9.17) is 4.74 Å². The van der Waals surface area contributed by atoms with E-state index in [1.54, 1.807) is 30.4 Å². The van der Waals surface area contributed by atoms with Gasteiger partial charge in [-0.2, -0.15) is 0 Å². The molecule has 25 heavy (non-hydrogen) atoms. The molecule has 0 fully saturated rings. The molecule has 0 aliphatic carbocycles. The van der Waals surface area contributed by atoms with Crippen LogP contribution in [0.4, 0.5) is 13.0 Å². The second kappa shape index (κ2) is 5.64. The Labute approximate surface area is 158 Å². The number of benzene rings is 1. The minimum absolute atomic E-state index is 0.0576. The van der Waals surface area contributed by atoms with E-state index < -0.39 is 12.8 Å². The Bertz CT molecular complexity index is 1010. The van der Waals surface area contributed by atoms with Gasteiger partial charge in [0.25, 0.3) is 0 Å². The molecule has 3 heterocycles. The Balaban J connectivity index is 2.07. The molecular weight excluding hydrogens is 464 g/mol. The second-order valence-corrected chi connectivity index (χ2v) is 7.26. The van der Waals surface area contributed by atoms with Crippen molar-refractivity contribution in [2.45, 2.75) is 0 Å². The standard InChI is InChI=1S/C16H10BBr2F3N2O/c1-25-13-8-9(2-3-10(13)20)16-11-4-6-14(18)23(11)17(21,22)24-12(16)5-7-15(24)19/h2-8H,1H3. The predicted octanol–water partition coefficient (Wildman–Crippen LogP) is 4.77. The number of allylic oxidation sites excluding steroid dienone is 2. The Morgan fingerprint density at radius 3 is 2.60 bits per heavy atom. The van der Waals surface area contributed by atoms with Crippen molar-refractivity contribution < 1.29 is 22.2 Å². The van der Waals surface area contributed by atoms with Crippen LogP contribution >= 0.6 is 31.9 Å². The highest BCUT2D eigenvalue weighted by Gasteiger charge is 2.54. The molecule has 3 nitrogen and oxygen atoms in total. The molecular formula is C16H10BBr2F3N2O. The van der Waals surface area contributed by atoms with Gasteiger partial charge in [0.05, 0.1) is 17.3 Å². The van der Waals surface area contributed by atoms with Crippen molar-refractivity contribution in [2.75, 3.05) is 7.11 Å². The van der Waals surface area contributed by atoms with E-state index in [9.17, 15) is 4.39 Å². The van der Waals surface area contributed by atoms with Gasteiger partial charge in [-0.25, -0.2) is 4.39 Å². The number of methoxy groups -OCH3 is 1. The van der Waals surface area contributed by atoms with Gasteiger partial charge < -0.3 is 22.3 Å². The molecule has 2 aliphatic rings. The Kier molecular flexibility index (Phi) is 3.77. The maximum Gasteiger partial charge on any atom is 0.738 e. The zero-order valence-corrected chi connectivity index (χ0v) is 16.0. The summed E-state index contributed by atoms with van der Waals surface area (Å²) in [5.41, 5.74) is 1.86. The monoisotopic (exact) mass is 472 g/mol. The summed E-state index contributed by atoms with van der Waals surface area (Å²) in [6.07, 6.45) is 3.20. The van der Waals surface area contributed by atoms with E-state index in [1.807, 2.05) is 0 Å². The van der Waals surface area contributed by atoms with Gasteiger partial charge >= 0.3 is 6.97 Å². The summed E-state index contributed by atoms with van der Waals surface area (Å²) in [6, 6.07) is 7.53. The van der Waals surface area contributed by atoms with Crippen molar-refractivity contribution in [3.05, 3.63) is 69.9 Å². The fourth-order valence-corrected chi connectivity index (χ4v) is 4.38. The fourth-order valence-electron chi connectivity index (χ4n) is 3.24. The molecule has 4 rings (SSSR count). The highest BCUT2D eigenvalue weighted by Crippen LogP contribution is 2.42. The molecule has 1 aromatic carbocycles. The van der Waals surface area contributed by atoms with Crippen LogP contribution in [0.5, 0.6) is 5.75 Å². The number of nitrogens with zero attached hydrogens (tertiary/aromatic N) is 2. The van der Waals surface area contributed by atoms with Crippen LogP contribution in [0.15, 0.2) is 52.8 Å². The molecule has 0 spiro atoms. The second-order valence-electron chi connectivity index (χ2n) is 5.64. The van der Waals surface area contributed by atoms with Crippen LogP contribution < -0.4 is 4.74 Å². The highest BCUT2D eigenvalue weighted by atomic mass is 79.9. The number of fused-ring (bicyclic) bond motifs is 2. The van der Waals surface area contributed by atoms with Gasteiger partial charge in [0, 0.05) is 33.8 Å². The summed E-state index contributed by atoms with van der Waals surface area (Å²) in [7, 11) is 1.36. The summed E-state index contributed by atoms with van der Waals surface area (Å²) in [6.45, 7) is -4.07. The van der Waals surface area contributed by atoms with Crippen LogP contribution in [-0.4, -0.2) is 27.7 Å². The van der Waals surface area contributed by atoms with Crippen molar-refractivity contribution in [1.82, 2.24) is 4.48 Å². The van der Waals surface area contributed by atoms with Crippen molar-refractivity contribution in [1.29, 1.82) is 0 Å². The summed E-state index contributed by atoms with van der Waals surface area (Å²) in [4.78, 5) is 0. The zero-order chi connectivity index (χ0) is 17.9. The molecule has 0 atom stereocenters. The first-order chi connectivity index (χ1) is 11.9. The molecule has 1 aromatic heterocycles. The third kappa shape index (κ3) is 2.28. The highest BCUT2D eigenvalue weighted by molar-refractivity contribution is 9.18. The first-order valence-corrected chi connectivity index (χ1v) is 8.92. The number of hydrogen-bond donors (Lipinski definition) is 0. The van der Waals surface area contributed by atoms with E-state index in [2.05, 4.69) is 31.9 Å². The van der Waals surface area contributed by atoms with Gasteiger partial charge in [0.1, 0.15) is 0 Å². The molecule has 9 heteroatoms. The summed E-state index contributed by atoms with van der Waals surface area (Å²) < 4.78 is 51.5. The third-order valence-electron chi connectivity index (χ3n) is 4.31. The lowest BCUT2D eigenvalue weighted by atomic mass is 9.86. The number of halogens is 5. The zero-order valence-electron chi connectivity index (χ0n) is 12.8. The van der Waals surface area contributed by atoms with E-state index >= 15 is 8.63 Å². The van der Waals surface area contributed by atoms with Gasteiger partial charge in [0.15, 0.2) is 17.3 Å². The third-order valence-corrected chi connectivity index (χ3v) is 5.60. The number of ether oxygens (including phenoxy) is 1. The van der Waals surface area contributed by atoms with Crippen molar-refractivity contribution in [2.24, 2.45) is 0 Å². The number of aromatic nitrogens is 1.